The topological polar surface area (TPSA) is 35.2 Å². The molecule has 12 heavy (non-hydrogen) atoms. The molecule has 0 aliphatic heterocycles. The largest absolute Gasteiger partial charge is 0.300 e. The molecule has 1 aromatic carbocycles. The Kier molecular flexibility index (Phi) is 3.52. The minimum atomic E-state index is -0.264. The first-order valence-corrected chi connectivity index (χ1v) is 4.64. The van der Waals surface area contributed by atoms with E-state index in [2.05, 4.69) is 4.84 Å². The SMILES string of the molecule is CSc1ccc(F)cc1CON. The summed E-state index contributed by atoms with van der Waals surface area (Å²) in [4.78, 5) is 5.43. The van der Waals surface area contributed by atoms with Gasteiger partial charge >= 0.3 is 0 Å². The van der Waals surface area contributed by atoms with E-state index in [9.17, 15) is 4.39 Å². The van der Waals surface area contributed by atoms with E-state index >= 15 is 0 Å². The highest BCUT2D eigenvalue weighted by atomic mass is 32.2. The highest BCUT2D eigenvalue weighted by Crippen LogP contribution is 2.21. The van der Waals surface area contributed by atoms with Gasteiger partial charge in [-0.2, -0.15) is 0 Å². The molecule has 0 saturated heterocycles. The standard InChI is InChI=1S/C8H10FNOS/c1-12-8-3-2-7(9)4-6(8)5-11-10/h2-4H,5,10H2,1H3. The first-order chi connectivity index (χ1) is 5.77. The van der Waals surface area contributed by atoms with Gasteiger partial charge in [0.1, 0.15) is 5.82 Å². The molecule has 0 atom stereocenters. The van der Waals surface area contributed by atoms with Gasteiger partial charge in [0, 0.05) is 4.90 Å². The van der Waals surface area contributed by atoms with E-state index in [0.29, 0.717) is 0 Å². The number of hydrogen-bond acceptors (Lipinski definition) is 3. The van der Waals surface area contributed by atoms with Gasteiger partial charge < -0.3 is 0 Å². The van der Waals surface area contributed by atoms with Crippen LogP contribution >= 0.6 is 11.8 Å². The van der Waals surface area contributed by atoms with E-state index in [1.165, 1.54) is 12.1 Å². The fourth-order valence-electron chi connectivity index (χ4n) is 0.950. The van der Waals surface area contributed by atoms with Crippen LogP contribution in [0.2, 0.25) is 0 Å². The van der Waals surface area contributed by atoms with Crippen LogP contribution in [-0.2, 0) is 11.4 Å². The van der Waals surface area contributed by atoms with Gasteiger partial charge in [-0.15, -0.1) is 11.8 Å². The van der Waals surface area contributed by atoms with Gasteiger partial charge in [0.2, 0.25) is 0 Å². The fourth-order valence-corrected chi connectivity index (χ4v) is 1.53. The molecule has 0 saturated carbocycles. The van der Waals surface area contributed by atoms with Crippen LogP contribution in [0.4, 0.5) is 4.39 Å². The average Bonchev–Trinajstić information content (AvgIpc) is 2.05. The summed E-state index contributed by atoms with van der Waals surface area (Å²) >= 11 is 1.54. The quantitative estimate of drug-likeness (QED) is 0.580. The molecule has 0 amide bonds. The van der Waals surface area contributed by atoms with Crippen molar-refractivity contribution in [3.63, 3.8) is 0 Å². The number of hydrogen-bond donors (Lipinski definition) is 1. The van der Waals surface area contributed by atoms with Crippen LogP contribution < -0.4 is 5.90 Å². The van der Waals surface area contributed by atoms with Gasteiger partial charge in [0.25, 0.3) is 0 Å². The van der Waals surface area contributed by atoms with Crippen LogP contribution in [0.15, 0.2) is 23.1 Å². The van der Waals surface area contributed by atoms with E-state index in [1.54, 1.807) is 17.8 Å². The molecule has 0 unspecified atom stereocenters. The summed E-state index contributed by atoms with van der Waals surface area (Å²) in [5.74, 6) is 4.64. The van der Waals surface area contributed by atoms with Crippen LogP contribution in [0.1, 0.15) is 5.56 Å². The molecule has 4 heteroatoms. The first-order valence-electron chi connectivity index (χ1n) is 3.42. The monoisotopic (exact) mass is 187 g/mol. The van der Waals surface area contributed by atoms with E-state index in [1.807, 2.05) is 6.26 Å². The van der Waals surface area contributed by atoms with Gasteiger partial charge in [0.15, 0.2) is 0 Å². The Hall–Kier alpha value is -0.580. The number of benzene rings is 1. The molecule has 1 rings (SSSR count). The first kappa shape index (κ1) is 9.51. The summed E-state index contributed by atoms with van der Waals surface area (Å²) in [6.07, 6.45) is 1.92. The molecule has 0 bridgehead atoms. The molecule has 0 heterocycles. The lowest BCUT2D eigenvalue weighted by molar-refractivity contribution is 0.122. The van der Waals surface area contributed by atoms with Crippen molar-refractivity contribution in [2.75, 3.05) is 6.26 Å². The van der Waals surface area contributed by atoms with Crippen molar-refractivity contribution in [2.45, 2.75) is 11.5 Å². The van der Waals surface area contributed by atoms with E-state index < -0.39 is 0 Å². The van der Waals surface area contributed by atoms with Crippen molar-refractivity contribution in [2.24, 2.45) is 5.90 Å². The smallest absolute Gasteiger partial charge is 0.123 e. The summed E-state index contributed by atoms with van der Waals surface area (Å²) in [5, 5.41) is 0. The minimum absolute atomic E-state index is 0.244. The van der Waals surface area contributed by atoms with Crippen molar-refractivity contribution < 1.29 is 9.23 Å². The molecule has 0 fully saturated rings. The zero-order chi connectivity index (χ0) is 8.97. The zero-order valence-corrected chi connectivity index (χ0v) is 7.53. The van der Waals surface area contributed by atoms with Crippen LogP contribution in [0.25, 0.3) is 0 Å². The number of halogens is 1. The molecule has 2 nitrogen and oxygen atoms in total. The maximum Gasteiger partial charge on any atom is 0.123 e. The summed E-state index contributed by atoms with van der Waals surface area (Å²) < 4.78 is 12.7. The van der Waals surface area contributed by atoms with Crippen LogP contribution in [0, 0.1) is 5.82 Å². The second-order valence-corrected chi connectivity index (χ2v) is 3.12. The van der Waals surface area contributed by atoms with E-state index in [-0.39, 0.29) is 12.4 Å². The number of nitrogens with two attached hydrogens (primary N) is 1. The minimum Gasteiger partial charge on any atom is -0.300 e. The lowest BCUT2D eigenvalue weighted by Gasteiger charge is -2.04. The normalized spacial score (nSPS) is 10.2. The fraction of sp³-hybridized carbons (Fsp3) is 0.250. The zero-order valence-electron chi connectivity index (χ0n) is 6.71. The van der Waals surface area contributed by atoms with Gasteiger partial charge in [-0.3, -0.25) is 4.84 Å². The summed E-state index contributed by atoms with van der Waals surface area (Å²) in [6.45, 7) is 0.244. The van der Waals surface area contributed by atoms with Crippen LogP contribution in [0.3, 0.4) is 0 Å². The second-order valence-electron chi connectivity index (χ2n) is 2.27. The second kappa shape index (κ2) is 4.45. The van der Waals surface area contributed by atoms with E-state index in [0.717, 1.165) is 10.5 Å². The maximum atomic E-state index is 12.7. The third-order valence-corrected chi connectivity index (χ3v) is 2.32. The molecule has 2 N–H and O–H groups in total. The Morgan fingerprint density at radius 2 is 2.33 bits per heavy atom. The summed E-state index contributed by atoms with van der Waals surface area (Å²) in [5.41, 5.74) is 0.782. The molecule has 0 spiro atoms. The Morgan fingerprint density at radius 1 is 1.58 bits per heavy atom. The van der Waals surface area contributed by atoms with Gasteiger partial charge in [0.05, 0.1) is 6.61 Å². The molecule has 0 aromatic heterocycles. The molecule has 0 aliphatic carbocycles. The van der Waals surface area contributed by atoms with Crippen molar-refractivity contribution >= 4 is 11.8 Å². The number of rotatable bonds is 3. The lowest BCUT2D eigenvalue weighted by atomic mass is 10.2. The Labute approximate surface area is 74.9 Å². The Morgan fingerprint density at radius 3 is 2.92 bits per heavy atom. The number of thioether (sulfide) groups is 1. The van der Waals surface area contributed by atoms with Crippen molar-refractivity contribution in [1.29, 1.82) is 0 Å². The highest BCUT2D eigenvalue weighted by Gasteiger charge is 2.02. The van der Waals surface area contributed by atoms with Crippen molar-refractivity contribution in [1.82, 2.24) is 0 Å². The summed E-state index contributed by atoms with van der Waals surface area (Å²) in [6, 6.07) is 4.57. The van der Waals surface area contributed by atoms with Crippen LogP contribution in [0.5, 0.6) is 0 Å². The molecule has 66 valence electrons. The average molecular weight is 187 g/mol. The van der Waals surface area contributed by atoms with Crippen LogP contribution in [-0.4, -0.2) is 6.26 Å². The third kappa shape index (κ3) is 2.20. The molecular formula is C8H10FNOS. The molecule has 1 aromatic rings. The molecule has 0 radical (unpaired) electrons. The van der Waals surface area contributed by atoms with E-state index in [4.69, 9.17) is 5.90 Å². The van der Waals surface area contributed by atoms with Gasteiger partial charge in [-0.1, -0.05) is 0 Å². The molecule has 0 aliphatic rings. The highest BCUT2D eigenvalue weighted by molar-refractivity contribution is 7.98. The Bertz CT molecular complexity index is 267. The van der Waals surface area contributed by atoms with Crippen molar-refractivity contribution in [3.05, 3.63) is 29.6 Å². The Balaban J connectivity index is 2.95. The predicted octanol–water partition coefficient (Wildman–Crippen LogP) is 1.94. The van der Waals surface area contributed by atoms with Crippen molar-refractivity contribution in [3.8, 4) is 0 Å². The lowest BCUT2D eigenvalue weighted by Crippen LogP contribution is -2.00. The summed E-state index contributed by atoms with van der Waals surface area (Å²) in [7, 11) is 0. The maximum absolute atomic E-state index is 12.7. The third-order valence-electron chi connectivity index (χ3n) is 1.48. The van der Waals surface area contributed by atoms with Gasteiger partial charge in [-0.05, 0) is 30.0 Å². The molecular weight excluding hydrogens is 177 g/mol. The predicted molar refractivity (Wildman–Crippen MR) is 47.2 cm³/mol. The van der Waals surface area contributed by atoms with Gasteiger partial charge in [-0.25, -0.2) is 10.3 Å².